The molecular formula is C11H18BrClN2O4S. The normalized spacial score (nSPS) is 12.4. The van der Waals surface area contributed by atoms with Gasteiger partial charge in [0.2, 0.25) is 10.0 Å². The van der Waals surface area contributed by atoms with Crippen LogP contribution in [0.3, 0.4) is 0 Å². The van der Waals surface area contributed by atoms with Gasteiger partial charge in [0.1, 0.15) is 16.4 Å². The molecule has 0 heterocycles. The number of ether oxygens (including phenoxy) is 2. The predicted molar refractivity (Wildman–Crippen MR) is 83.3 cm³/mol. The Kier molecular flexibility index (Phi) is 7.82. The summed E-state index contributed by atoms with van der Waals surface area (Å²) in [5.41, 5.74) is 5.42. The molecule has 9 heteroatoms. The largest absolute Gasteiger partial charge is 0.495 e. The zero-order chi connectivity index (χ0) is 14.6. The zero-order valence-corrected chi connectivity index (χ0v) is 14.6. The molecule has 116 valence electrons. The van der Waals surface area contributed by atoms with E-state index in [4.69, 9.17) is 15.2 Å². The van der Waals surface area contributed by atoms with Crippen molar-refractivity contribution in [2.75, 3.05) is 20.8 Å². The van der Waals surface area contributed by atoms with Crippen molar-refractivity contribution in [1.29, 1.82) is 0 Å². The molecule has 1 aromatic carbocycles. The van der Waals surface area contributed by atoms with Crippen LogP contribution in [0, 0.1) is 0 Å². The van der Waals surface area contributed by atoms with Crippen LogP contribution in [0.5, 0.6) is 11.5 Å². The van der Waals surface area contributed by atoms with Crippen molar-refractivity contribution < 1.29 is 17.9 Å². The van der Waals surface area contributed by atoms with Crippen LogP contribution in [-0.4, -0.2) is 35.2 Å². The summed E-state index contributed by atoms with van der Waals surface area (Å²) in [6.07, 6.45) is 0. The number of methoxy groups -OCH3 is 2. The van der Waals surface area contributed by atoms with Crippen LogP contribution in [0.2, 0.25) is 0 Å². The number of sulfonamides is 1. The Morgan fingerprint density at radius 2 is 1.85 bits per heavy atom. The van der Waals surface area contributed by atoms with E-state index in [0.717, 1.165) is 0 Å². The third-order valence-electron chi connectivity index (χ3n) is 2.44. The van der Waals surface area contributed by atoms with Gasteiger partial charge in [-0.05, 0) is 28.9 Å². The van der Waals surface area contributed by atoms with Crippen LogP contribution >= 0.6 is 28.3 Å². The fourth-order valence-electron chi connectivity index (χ4n) is 1.42. The molecule has 0 radical (unpaired) electrons. The van der Waals surface area contributed by atoms with Gasteiger partial charge < -0.3 is 15.2 Å². The van der Waals surface area contributed by atoms with Gasteiger partial charge in [0.25, 0.3) is 0 Å². The third-order valence-corrected chi connectivity index (χ3v) is 4.67. The first-order chi connectivity index (χ1) is 8.85. The first-order valence-electron chi connectivity index (χ1n) is 5.49. The number of benzene rings is 1. The van der Waals surface area contributed by atoms with Gasteiger partial charge >= 0.3 is 0 Å². The lowest BCUT2D eigenvalue weighted by molar-refractivity contribution is 0.384. The SMILES string of the molecule is COc1cc(OC)c(S(=O)(=O)N[C@@H](C)CN)cc1Br.Cl. The van der Waals surface area contributed by atoms with Crippen LogP contribution in [-0.2, 0) is 10.0 Å². The maximum atomic E-state index is 12.2. The van der Waals surface area contributed by atoms with Crippen molar-refractivity contribution in [2.24, 2.45) is 5.73 Å². The molecule has 1 atom stereocenters. The van der Waals surface area contributed by atoms with Gasteiger partial charge in [-0.2, -0.15) is 0 Å². The van der Waals surface area contributed by atoms with Crippen molar-refractivity contribution >= 4 is 38.4 Å². The molecule has 0 aliphatic carbocycles. The maximum absolute atomic E-state index is 12.2. The van der Waals surface area contributed by atoms with Gasteiger partial charge in [-0.1, -0.05) is 0 Å². The molecule has 0 saturated heterocycles. The van der Waals surface area contributed by atoms with E-state index in [1.807, 2.05) is 0 Å². The Morgan fingerprint density at radius 3 is 2.30 bits per heavy atom. The third kappa shape index (κ3) is 4.49. The number of rotatable bonds is 6. The molecule has 0 saturated carbocycles. The van der Waals surface area contributed by atoms with Crippen LogP contribution in [0.1, 0.15) is 6.92 Å². The molecule has 6 nitrogen and oxygen atoms in total. The molecule has 0 aliphatic heterocycles. The summed E-state index contributed by atoms with van der Waals surface area (Å²) in [4.78, 5) is 0.0305. The van der Waals surface area contributed by atoms with E-state index >= 15 is 0 Å². The highest BCUT2D eigenvalue weighted by molar-refractivity contribution is 9.10. The number of halogens is 2. The number of nitrogens with two attached hydrogens (primary N) is 1. The highest BCUT2D eigenvalue weighted by atomic mass is 79.9. The Hall–Kier alpha value is -0.540. The van der Waals surface area contributed by atoms with Crippen molar-refractivity contribution in [1.82, 2.24) is 4.72 Å². The monoisotopic (exact) mass is 388 g/mol. The average molecular weight is 390 g/mol. The van der Waals surface area contributed by atoms with Gasteiger partial charge in [0.15, 0.2) is 0 Å². The lowest BCUT2D eigenvalue weighted by Crippen LogP contribution is -2.37. The molecule has 3 N–H and O–H groups in total. The van der Waals surface area contributed by atoms with Gasteiger partial charge in [-0.3, -0.25) is 0 Å². The van der Waals surface area contributed by atoms with Crippen molar-refractivity contribution in [3.8, 4) is 11.5 Å². The van der Waals surface area contributed by atoms with Gasteiger partial charge in [-0.15, -0.1) is 12.4 Å². The smallest absolute Gasteiger partial charge is 0.244 e. The van der Waals surface area contributed by atoms with E-state index in [0.29, 0.717) is 10.2 Å². The predicted octanol–water partition coefficient (Wildman–Crippen LogP) is 1.51. The van der Waals surface area contributed by atoms with E-state index < -0.39 is 10.0 Å². The fourth-order valence-corrected chi connectivity index (χ4v) is 3.51. The minimum atomic E-state index is -3.70. The summed E-state index contributed by atoms with van der Waals surface area (Å²) < 4.78 is 37.6. The Balaban J connectivity index is 0.00000361. The second-order valence-electron chi connectivity index (χ2n) is 3.90. The highest BCUT2D eigenvalue weighted by Gasteiger charge is 2.23. The average Bonchev–Trinajstić information content (AvgIpc) is 2.37. The van der Waals surface area contributed by atoms with Crippen LogP contribution in [0.4, 0.5) is 0 Å². The second-order valence-corrected chi connectivity index (χ2v) is 6.43. The minimum absolute atomic E-state index is 0. The standard InChI is InChI=1S/C11H17BrN2O4S.ClH/c1-7(6-13)14-19(15,16)11-4-8(12)9(17-2)5-10(11)18-3;/h4-5,7,14H,6,13H2,1-3H3;1H/t7-;/m0./s1. The van der Waals surface area contributed by atoms with Crippen LogP contribution < -0.4 is 19.9 Å². The summed E-state index contributed by atoms with van der Waals surface area (Å²) >= 11 is 3.25. The first kappa shape index (κ1) is 19.5. The van der Waals surface area contributed by atoms with E-state index in [2.05, 4.69) is 20.7 Å². The molecule has 0 amide bonds. The minimum Gasteiger partial charge on any atom is -0.495 e. The van der Waals surface area contributed by atoms with Crippen molar-refractivity contribution in [3.63, 3.8) is 0 Å². The molecule has 20 heavy (non-hydrogen) atoms. The molecule has 0 bridgehead atoms. The molecular weight excluding hydrogens is 372 g/mol. The fraction of sp³-hybridized carbons (Fsp3) is 0.455. The lowest BCUT2D eigenvalue weighted by atomic mass is 10.3. The van der Waals surface area contributed by atoms with Crippen molar-refractivity contribution in [3.05, 3.63) is 16.6 Å². The zero-order valence-electron chi connectivity index (χ0n) is 11.3. The Bertz CT molecular complexity index is 554. The summed E-state index contributed by atoms with van der Waals surface area (Å²) in [5.74, 6) is 0.694. The molecule has 0 aliphatic rings. The maximum Gasteiger partial charge on any atom is 0.244 e. The van der Waals surface area contributed by atoms with Gasteiger partial charge in [0, 0.05) is 18.7 Å². The second kappa shape index (κ2) is 8.04. The highest BCUT2D eigenvalue weighted by Crippen LogP contribution is 2.35. The van der Waals surface area contributed by atoms with E-state index in [-0.39, 0.29) is 35.6 Å². The molecule has 0 aromatic heterocycles. The molecule has 1 aromatic rings. The number of nitrogens with one attached hydrogen (secondary N) is 1. The lowest BCUT2D eigenvalue weighted by Gasteiger charge is -2.16. The molecule has 0 fully saturated rings. The van der Waals surface area contributed by atoms with Gasteiger partial charge in [0.05, 0.1) is 18.7 Å². The molecule has 1 rings (SSSR count). The summed E-state index contributed by atoms with van der Waals surface area (Å²) in [7, 11) is -0.817. The Morgan fingerprint density at radius 1 is 1.30 bits per heavy atom. The summed E-state index contributed by atoms with van der Waals surface area (Å²) in [6, 6.07) is 2.57. The van der Waals surface area contributed by atoms with E-state index in [1.54, 1.807) is 6.92 Å². The topological polar surface area (TPSA) is 90.6 Å². The quantitative estimate of drug-likeness (QED) is 0.769. The number of hydrogen-bond donors (Lipinski definition) is 2. The first-order valence-corrected chi connectivity index (χ1v) is 7.77. The molecule has 0 unspecified atom stereocenters. The van der Waals surface area contributed by atoms with E-state index in [9.17, 15) is 8.42 Å². The van der Waals surface area contributed by atoms with Gasteiger partial charge in [-0.25, -0.2) is 13.1 Å². The van der Waals surface area contributed by atoms with Crippen LogP contribution in [0.25, 0.3) is 0 Å². The van der Waals surface area contributed by atoms with E-state index in [1.165, 1.54) is 26.4 Å². The summed E-state index contributed by atoms with van der Waals surface area (Å²) in [6.45, 7) is 1.89. The summed E-state index contributed by atoms with van der Waals surface area (Å²) in [5, 5.41) is 0. The molecule has 0 spiro atoms. The number of hydrogen-bond acceptors (Lipinski definition) is 5. The van der Waals surface area contributed by atoms with Crippen LogP contribution in [0.15, 0.2) is 21.5 Å². The van der Waals surface area contributed by atoms with Crippen molar-refractivity contribution in [2.45, 2.75) is 17.9 Å². The Labute approximate surface area is 133 Å².